The van der Waals surface area contributed by atoms with Crippen molar-refractivity contribution >= 4 is 19.9 Å². The SMILES string of the molecule is COC(=O)C1=C(c2ccc(C)cc2)C[C@@H]2[C@H](O[Si](C)(C)C(C)(C)C)C[C@H]1N2C. The molecule has 1 aromatic rings. The van der Waals surface area contributed by atoms with Crippen molar-refractivity contribution < 1.29 is 14.0 Å². The van der Waals surface area contributed by atoms with Crippen LogP contribution in [0.4, 0.5) is 0 Å². The van der Waals surface area contributed by atoms with Gasteiger partial charge in [-0.1, -0.05) is 50.6 Å². The smallest absolute Gasteiger partial charge is 0.335 e. The molecule has 0 unspecified atom stereocenters. The topological polar surface area (TPSA) is 38.8 Å². The third kappa shape index (κ3) is 3.72. The van der Waals surface area contributed by atoms with Crippen LogP contribution in [0.15, 0.2) is 29.8 Å². The second-order valence-corrected chi connectivity index (χ2v) is 14.6. The van der Waals surface area contributed by atoms with Gasteiger partial charge in [0.05, 0.1) is 18.8 Å². The second-order valence-electron chi connectivity index (χ2n) is 9.85. The average Bonchev–Trinajstić information content (AvgIpc) is 2.79. The van der Waals surface area contributed by atoms with Gasteiger partial charge in [-0.25, -0.2) is 4.79 Å². The summed E-state index contributed by atoms with van der Waals surface area (Å²) < 4.78 is 12.0. The van der Waals surface area contributed by atoms with Gasteiger partial charge >= 0.3 is 5.97 Å². The van der Waals surface area contributed by atoms with Crippen LogP contribution in [-0.2, 0) is 14.0 Å². The number of nitrogens with zero attached hydrogens (tertiary/aromatic N) is 1. The molecule has 2 aliphatic rings. The van der Waals surface area contributed by atoms with E-state index in [1.54, 1.807) is 0 Å². The third-order valence-electron chi connectivity index (χ3n) is 7.03. The molecule has 154 valence electrons. The zero-order valence-corrected chi connectivity index (χ0v) is 19.6. The van der Waals surface area contributed by atoms with E-state index in [0.717, 1.165) is 29.6 Å². The lowest BCUT2D eigenvalue weighted by Gasteiger charge is -2.41. The number of fused-ring (bicyclic) bond motifs is 2. The van der Waals surface area contributed by atoms with Crippen molar-refractivity contribution in [2.24, 2.45) is 0 Å². The van der Waals surface area contributed by atoms with Crippen LogP contribution in [0.5, 0.6) is 0 Å². The molecule has 2 bridgehead atoms. The molecule has 28 heavy (non-hydrogen) atoms. The number of carbonyl (C=O) groups excluding carboxylic acids is 1. The van der Waals surface area contributed by atoms with Crippen molar-refractivity contribution in [3.63, 3.8) is 0 Å². The maximum absolute atomic E-state index is 12.8. The standard InChI is InChI=1S/C23H35NO3Si/c1-15-9-11-16(12-10-15)17-13-18-20(27-28(7,8)23(2,3)4)14-19(24(18)5)21(17)22(25)26-6/h9-12,18-20H,13-14H2,1-8H3/t18-,19-,20-/m1/s1. The second kappa shape index (κ2) is 7.43. The van der Waals surface area contributed by atoms with Crippen LogP contribution < -0.4 is 0 Å². The Morgan fingerprint density at radius 1 is 1.18 bits per heavy atom. The molecule has 0 amide bonds. The van der Waals surface area contributed by atoms with Crippen molar-refractivity contribution in [3.8, 4) is 0 Å². The molecule has 4 nitrogen and oxygen atoms in total. The van der Waals surface area contributed by atoms with Gasteiger partial charge < -0.3 is 9.16 Å². The zero-order chi connectivity index (χ0) is 20.9. The van der Waals surface area contributed by atoms with Crippen LogP contribution in [0.1, 0.15) is 44.7 Å². The van der Waals surface area contributed by atoms with E-state index in [0.29, 0.717) is 6.04 Å². The van der Waals surface area contributed by atoms with Crippen molar-refractivity contribution in [2.75, 3.05) is 14.2 Å². The summed E-state index contributed by atoms with van der Waals surface area (Å²) >= 11 is 0. The molecule has 1 aromatic carbocycles. The Labute approximate surface area is 171 Å². The monoisotopic (exact) mass is 401 g/mol. The molecular formula is C23H35NO3Si. The van der Waals surface area contributed by atoms with E-state index in [2.05, 4.69) is 77.0 Å². The number of rotatable bonds is 4. The van der Waals surface area contributed by atoms with Crippen molar-refractivity contribution in [1.82, 2.24) is 4.90 Å². The normalized spacial score (nSPS) is 25.9. The van der Waals surface area contributed by atoms with E-state index in [1.807, 2.05) is 0 Å². The Balaban J connectivity index is 1.98. The molecule has 0 aromatic heterocycles. The fraction of sp³-hybridized carbons (Fsp3) is 0.609. The Morgan fingerprint density at radius 3 is 2.32 bits per heavy atom. The first-order valence-electron chi connectivity index (χ1n) is 10.2. The summed E-state index contributed by atoms with van der Waals surface area (Å²) in [4.78, 5) is 15.1. The summed E-state index contributed by atoms with van der Waals surface area (Å²) in [5.41, 5.74) is 4.29. The zero-order valence-electron chi connectivity index (χ0n) is 18.6. The highest BCUT2D eigenvalue weighted by Gasteiger charge is 2.51. The van der Waals surface area contributed by atoms with Gasteiger partial charge in [-0.05, 0) is 56.1 Å². The quantitative estimate of drug-likeness (QED) is 0.537. The van der Waals surface area contributed by atoms with Crippen molar-refractivity contribution in [3.05, 3.63) is 41.0 Å². The number of carbonyl (C=O) groups is 1. The predicted molar refractivity (Wildman–Crippen MR) is 117 cm³/mol. The number of hydrogen-bond acceptors (Lipinski definition) is 4. The molecule has 0 radical (unpaired) electrons. The Morgan fingerprint density at radius 2 is 1.79 bits per heavy atom. The minimum atomic E-state index is -1.89. The molecular weight excluding hydrogens is 366 g/mol. The molecule has 0 aliphatic carbocycles. The first kappa shape index (κ1) is 21.3. The van der Waals surface area contributed by atoms with E-state index >= 15 is 0 Å². The van der Waals surface area contributed by atoms with Crippen LogP contribution in [-0.4, -0.2) is 51.5 Å². The summed E-state index contributed by atoms with van der Waals surface area (Å²) in [6.45, 7) is 13.5. The van der Waals surface area contributed by atoms with Crippen molar-refractivity contribution in [2.45, 2.75) is 76.9 Å². The van der Waals surface area contributed by atoms with E-state index in [-0.39, 0.29) is 23.2 Å². The highest BCUT2D eigenvalue weighted by Crippen LogP contribution is 2.46. The lowest BCUT2D eigenvalue weighted by molar-refractivity contribution is -0.136. The molecule has 5 heteroatoms. The Kier molecular flexibility index (Phi) is 5.65. The molecule has 2 heterocycles. The fourth-order valence-corrected chi connectivity index (χ4v) is 5.60. The number of esters is 1. The molecule has 0 spiro atoms. The number of ether oxygens (including phenoxy) is 1. The minimum Gasteiger partial charge on any atom is -0.466 e. The Hall–Kier alpha value is -1.43. The van der Waals surface area contributed by atoms with Gasteiger partial charge in [0, 0.05) is 12.1 Å². The largest absolute Gasteiger partial charge is 0.466 e. The van der Waals surface area contributed by atoms with Gasteiger partial charge in [0.15, 0.2) is 8.32 Å². The predicted octanol–water partition coefficient (Wildman–Crippen LogP) is 4.79. The molecule has 0 N–H and O–H groups in total. The van der Waals surface area contributed by atoms with E-state index in [9.17, 15) is 4.79 Å². The minimum absolute atomic E-state index is 0.0530. The number of hydrogen-bond donors (Lipinski definition) is 0. The van der Waals surface area contributed by atoms with Gasteiger partial charge in [-0.15, -0.1) is 0 Å². The Bertz CT molecular complexity index is 776. The summed E-state index contributed by atoms with van der Waals surface area (Å²) in [6.07, 6.45) is 1.83. The summed E-state index contributed by atoms with van der Waals surface area (Å²) in [5, 5.41) is 0.167. The van der Waals surface area contributed by atoms with E-state index in [1.165, 1.54) is 12.7 Å². The number of likely N-dealkylation sites (N-methyl/N-ethyl adjacent to an activating group) is 1. The van der Waals surface area contributed by atoms with Gasteiger partial charge in [-0.3, -0.25) is 4.90 Å². The maximum Gasteiger partial charge on any atom is 0.335 e. The van der Waals surface area contributed by atoms with Crippen LogP contribution >= 0.6 is 0 Å². The molecule has 3 atom stereocenters. The van der Waals surface area contributed by atoms with E-state index < -0.39 is 8.32 Å². The first-order valence-corrected chi connectivity index (χ1v) is 13.1. The molecule has 2 aliphatic heterocycles. The molecule has 1 saturated heterocycles. The van der Waals surface area contributed by atoms with Gasteiger partial charge in [-0.2, -0.15) is 0 Å². The van der Waals surface area contributed by atoms with Gasteiger partial charge in [0.1, 0.15) is 0 Å². The van der Waals surface area contributed by atoms with Crippen LogP contribution in [0, 0.1) is 6.92 Å². The van der Waals surface area contributed by atoms with Crippen molar-refractivity contribution in [1.29, 1.82) is 0 Å². The average molecular weight is 402 g/mol. The van der Waals surface area contributed by atoms with Crippen LogP contribution in [0.25, 0.3) is 5.57 Å². The lowest BCUT2D eigenvalue weighted by Crippen LogP contribution is -2.48. The van der Waals surface area contributed by atoms with E-state index in [4.69, 9.17) is 9.16 Å². The molecule has 3 rings (SSSR count). The lowest BCUT2D eigenvalue weighted by atomic mass is 9.88. The van der Waals surface area contributed by atoms with Gasteiger partial charge in [0.2, 0.25) is 0 Å². The van der Waals surface area contributed by atoms with Gasteiger partial charge in [0.25, 0.3) is 0 Å². The molecule has 1 fully saturated rings. The molecule has 0 saturated carbocycles. The summed E-state index contributed by atoms with van der Waals surface area (Å²) in [5.74, 6) is -0.209. The summed E-state index contributed by atoms with van der Waals surface area (Å²) in [7, 11) is 1.72. The van der Waals surface area contributed by atoms with Crippen LogP contribution in [0.2, 0.25) is 18.1 Å². The number of aryl methyl sites for hydroxylation is 1. The third-order valence-corrected chi connectivity index (χ3v) is 11.5. The highest BCUT2D eigenvalue weighted by atomic mass is 28.4. The van der Waals surface area contributed by atoms with Crippen LogP contribution in [0.3, 0.4) is 0 Å². The number of methoxy groups -OCH3 is 1. The highest BCUT2D eigenvalue weighted by molar-refractivity contribution is 6.74. The maximum atomic E-state index is 12.8. The first-order chi connectivity index (χ1) is 13.0. The number of benzene rings is 1. The summed E-state index contributed by atoms with van der Waals surface area (Å²) in [6, 6.07) is 8.83. The fourth-order valence-electron chi connectivity index (χ4n) is 4.23.